The van der Waals surface area contributed by atoms with E-state index in [0.717, 1.165) is 33.6 Å². The number of thioether (sulfide) groups is 1. The number of carbonyl (C=O) groups is 3. The topological polar surface area (TPSA) is 88.5 Å². The lowest BCUT2D eigenvalue weighted by atomic mass is 9.83. The molecule has 3 atom stereocenters. The van der Waals surface area contributed by atoms with Gasteiger partial charge in [0.2, 0.25) is 17.7 Å². The molecule has 0 saturated carbocycles. The number of fused-ring (bicyclic) bond motifs is 2. The molecule has 3 amide bonds. The van der Waals surface area contributed by atoms with E-state index < -0.39 is 45.5 Å². The summed E-state index contributed by atoms with van der Waals surface area (Å²) >= 11 is 15.0. The number of nitrogens with one attached hydrogen (secondary N) is 1. The Bertz CT molecular complexity index is 1790. The number of carbonyl (C=O) groups excluding carboxylic acids is 3. The van der Waals surface area contributed by atoms with Gasteiger partial charge in [-0.1, -0.05) is 70.6 Å². The Balaban J connectivity index is 1.44. The molecule has 3 aromatic carbocycles. The van der Waals surface area contributed by atoms with Crippen LogP contribution in [-0.4, -0.2) is 27.5 Å². The number of benzene rings is 3. The zero-order valence-corrected chi connectivity index (χ0v) is 24.4. The fourth-order valence-corrected chi connectivity index (χ4v) is 8.45. The predicted molar refractivity (Wildman–Crippen MR) is 159 cm³/mol. The molecule has 3 heterocycles. The highest BCUT2D eigenvalue weighted by atomic mass is 35.5. The van der Waals surface area contributed by atoms with Gasteiger partial charge in [-0.25, -0.2) is 9.29 Å². The van der Waals surface area contributed by atoms with Crippen molar-refractivity contribution >= 4 is 75.4 Å². The largest absolute Gasteiger partial charge is 0.325 e. The van der Waals surface area contributed by atoms with Crippen molar-refractivity contribution in [3.63, 3.8) is 0 Å². The molecule has 12 heteroatoms. The van der Waals surface area contributed by atoms with Crippen LogP contribution in [0.2, 0.25) is 10.0 Å². The van der Waals surface area contributed by atoms with Crippen molar-refractivity contribution in [1.82, 2.24) is 4.57 Å². The fraction of sp³-hybridized carbons (Fsp3) is 0.172. The molecule has 0 radical (unpaired) electrons. The fourth-order valence-electron chi connectivity index (χ4n) is 5.26. The molecule has 2 aliphatic rings. The van der Waals surface area contributed by atoms with Gasteiger partial charge in [0.05, 0.1) is 26.7 Å². The molecule has 1 N–H and O–H groups in total. The van der Waals surface area contributed by atoms with Gasteiger partial charge in [-0.2, -0.15) is 0 Å². The second-order valence-corrected chi connectivity index (χ2v) is 12.6. The Labute approximate surface area is 251 Å². The molecule has 2 aliphatic heterocycles. The van der Waals surface area contributed by atoms with E-state index in [9.17, 15) is 23.6 Å². The van der Waals surface area contributed by atoms with Crippen LogP contribution in [0.4, 0.5) is 15.8 Å². The Morgan fingerprint density at radius 1 is 1.00 bits per heavy atom. The second-order valence-electron chi connectivity index (χ2n) is 9.71. The number of rotatable bonds is 5. The number of anilines is 2. The minimum atomic E-state index is -0.916. The van der Waals surface area contributed by atoms with Crippen molar-refractivity contribution in [2.24, 2.45) is 5.92 Å². The first kappa shape index (κ1) is 27.7. The third-order valence-corrected chi connectivity index (χ3v) is 10.5. The summed E-state index contributed by atoms with van der Waals surface area (Å²) < 4.78 is 15.0. The van der Waals surface area contributed by atoms with Gasteiger partial charge in [-0.05, 0) is 60.5 Å². The molecule has 0 bridgehead atoms. The molecule has 1 fully saturated rings. The number of aryl methyl sites for hydroxylation is 1. The third-order valence-electron chi connectivity index (χ3n) is 7.05. The van der Waals surface area contributed by atoms with Crippen LogP contribution in [0.1, 0.15) is 21.9 Å². The Hall–Kier alpha value is -3.44. The maximum absolute atomic E-state index is 13.9. The number of nitrogens with zero attached hydrogens (tertiary/aromatic N) is 2. The first-order valence-corrected chi connectivity index (χ1v) is 14.9. The zero-order valence-electron chi connectivity index (χ0n) is 21.3. The lowest BCUT2D eigenvalue weighted by Crippen LogP contribution is -2.33. The van der Waals surface area contributed by atoms with Crippen LogP contribution in [0.5, 0.6) is 0 Å². The maximum Gasteiger partial charge on any atom is 0.308 e. The molecule has 7 nitrogen and oxygen atoms in total. The zero-order chi connectivity index (χ0) is 29.0. The first-order valence-electron chi connectivity index (χ1n) is 12.5. The number of hydrogen-bond acceptors (Lipinski definition) is 6. The van der Waals surface area contributed by atoms with Crippen LogP contribution in [0, 0.1) is 18.7 Å². The quantitative estimate of drug-likeness (QED) is 0.270. The van der Waals surface area contributed by atoms with E-state index in [4.69, 9.17) is 23.2 Å². The van der Waals surface area contributed by atoms with Crippen LogP contribution in [0.3, 0.4) is 0 Å². The number of imide groups is 1. The van der Waals surface area contributed by atoms with Crippen LogP contribution < -0.4 is 15.1 Å². The van der Waals surface area contributed by atoms with Gasteiger partial charge in [-0.3, -0.25) is 23.7 Å². The summed E-state index contributed by atoms with van der Waals surface area (Å²) in [6, 6.07) is 17.4. The molecule has 0 aliphatic carbocycles. The second kappa shape index (κ2) is 10.8. The minimum Gasteiger partial charge on any atom is -0.325 e. The number of halogens is 3. The Kier molecular flexibility index (Phi) is 7.27. The molecule has 4 aromatic rings. The molecule has 41 heavy (non-hydrogen) atoms. The highest BCUT2D eigenvalue weighted by molar-refractivity contribution is 8.00. The molecular formula is C29H20Cl2FN3O4S2. The van der Waals surface area contributed by atoms with Gasteiger partial charge in [0.1, 0.15) is 17.6 Å². The van der Waals surface area contributed by atoms with E-state index in [1.807, 2.05) is 25.1 Å². The van der Waals surface area contributed by atoms with Crippen LogP contribution in [0.25, 0.3) is 0 Å². The predicted octanol–water partition coefficient (Wildman–Crippen LogP) is 6.10. The normalized spacial score (nSPS) is 19.7. The van der Waals surface area contributed by atoms with Crippen molar-refractivity contribution in [2.45, 2.75) is 29.7 Å². The first-order chi connectivity index (χ1) is 19.6. The summed E-state index contributed by atoms with van der Waals surface area (Å²) in [5.74, 6) is -3.59. The highest BCUT2D eigenvalue weighted by Crippen LogP contribution is 2.55. The monoisotopic (exact) mass is 627 g/mol. The van der Waals surface area contributed by atoms with Gasteiger partial charge in [0.15, 0.2) is 0 Å². The average molecular weight is 629 g/mol. The van der Waals surface area contributed by atoms with Gasteiger partial charge < -0.3 is 5.32 Å². The molecule has 2 unspecified atom stereocenters. The van der Waals surface area contributed by atoms with Crippen LogP contribution in [-0.2, 0) is 20.9 Å². The molecule has 1 aromatic heterocycles. The lowest BCUT2D eigenvalue weighted by Gasteiger charge is -2.31. The van der Waals surface area contributed by atoms with Crippen molar-refractivity contribution < 1.29 is 18.8 Å². The smallest absolute Gasteiger partial charge is 0.308 e. The van der Waals surface area contributed by atoms with E-state index in [0.29, 0.717) is 21.2 Å². The van der Waals surface area contributed by atoms with Gasteiger partial charge in [-0.15, -0.1) is 0 Å². The molecule has 6 rings (SSSR count). The summed E-state index contributed by atoms with van der Waals surface area (Å²) in [7, 11) is 0. The Morgan fingerprint density at radius 2 is 1.73 bits per heavy atom. The van der Waals surface area contributed by atoms with E-state index in [1.165, 1.54) is 28.8 Å². The molecule has 1 saturated heterocycles. The van der Waals surface area contributed by atoms with Crippen LogP contribution >= 0.6 is 46.3 Å². The van der Waals surface area contributed by atoms with Crippen molar-refractivity contribution in [1.29, 1.82) is 0 Å². The van der Waals surface area contributed by atoms with E-state index >= 15 is 0 Å². The lowest BCUT2D eigenvalue weighted by molar-refractivity contribution is -0.122. The third kappa shape index (κ3) is 4.88. The number of amides is 3. The SMILES string of the molecule is Cc1cccc(NC(=O)Cn2c3c(sc2=O)[C@H](c2cccc(Cl)c2Cl)C2C(=O)N(c4ccc(F)cc4)C(=O)C2S3)c1. The van der Waals surface area contributed by atoms with Gasteiger partial charge in [0, 0.05) is 16.5 Å². The van der Waals surface area contributed by atoms with Crippen LogP contribution in [0.15, 0.2) is 76.6 Å². The van der Waals surface area contributed by atoms with E-state index in [-0.39, 0.29) is 22.3 Å². The van der Waals surface area contributed by atoms with Crippen molar-refractivity contribution in [3.05, 3.63) is 108 Å². The molecular weight excluding hydrogens is 608 g/mol. The summed E-state index contributed by atoms with van der Waals surface area (Å²) in [5, 5.41) is 2.78. The van der Waals surface area contributed by atoms with Crippen molar-refractivity contribution in [3.8, 4) is 0 Å². The highest BCUT2D eigenvalue weighted by Gasteiger charge is 2.57. The summed E-state index contributed by atoms with van der Waals surface area (Å²) in [5.41, 5.74) is 2.29. The summed E-state index contributed by atoms with van der Waals surface area (Å²) in [4.78, 5) is 55.1. The van der Waals surface area contributed by atoms with Gasteiger partial charge >= 0.3 is 4.87 Å². The summed E-state index contributed by atoms with van der Waals surface area (Å²) in [6.45, 7) is 1.61. The van der Waals surface area contributed by atoms with E-state index in [2.05, 4.69) is 5.32 Å². The van der Waals surface area contributed by atoms with Gasteiger partial charge in [0.25, 0.3) is 0 Å². The minimum absolute atomic E-state index is 0.209. The maximum atomic E-state index is 13.9. The standard InChI is InChI=1S/C29H20Cl2FN3O4S2/c1-14-4-2-5-16(12-14)33-20(36)13-34-28-25(41-29(34)39)21(18-6-3-7-19(30)23(18)31)22-24(40-28)27(38)35(26(22)37)17-10-8-15(32)9-11-17/h2-12,21-22,24H,13H2,1H3,(H,33,36)/t21-,22?,24?/m1/s1. The molecule has 0 spiro atoms. The summed E-state index contributed by atoms with van der Waals surface area (Å²) in [6.07, 6.45) is 0. The molecule has 208 valence electrons. The number of thiazole rings is 1. The number of hydrogen-bond donors (Lipinski definition) is 1. The van der Waals surface area contributed by atoms with E-state index in [1.54, 1.807) is 24.3 Å². The average Bonchev–Trinajstić information content (AvgIpc) is 3.37. The Morgan fingerprint density at radius 3 is 2.46 bits per heavy atom. The van der Waals surface area contributed by atoms with Crippen molar-refractivity contribution in [2.75, 3.05) is 10.2 Å². The number of aromatic nitrogens is 1.